The molecule has 0 aliphatic heterocycles. The molecule has 1 amide bonds. The van der Waals surface area contributed by atoms with E-state index in [4.69, 9.17) is 4.74 Å². The summed E-state index contributed by atoms with van der Waals surface area (Å²) in [5.74, 6) is 0.898. The standard InChI is InChI=1S/C25H27N5O3/c1-16(2)18-5-9-20(10-6-18)30-24-22(13-27-30)25(32)29(15-26-24)14-23(31)28-17(3)19-7-11-21(33-4)12-8-19/h5-13,15-17H,14H2,1-4H3,(H,28,31)/t17-/m1/s1. The minimum absolute atomic E-state index is 0.128. The number of amides is 1. The smallest absolute Gasteiger partial charge is 0.264 e. The molecule has 0 saturated heterocycles. The van der Waals surface area contributed by atoms with Gasteiger partial charge in [-0.3, -0.25) is 14.2 Å². The normalized spacial score (nSPS) is 12.2. The molecule has 2 aromatic heterocycles. The van der Waals surface area contributed by atoms with Crippen molar-refractivity contribution in [3.05, 3.63) is 82.5 Å². The van der Waals surface area contributed by atoms with Crippen LogP contribution in [0.25, 0.3) is 16.7 Å². The first-order valence-electron chi connectivity index (χ1n) is 10.8. The van der Waals surface area contributed by atoms with Crippen LogP contribution in [0.5, 0.6) is 5.75 Å². The maximum Gasteiger partial charge on any atom is 0.264 e. The van der Waals surface area contributed by atoms with Gasteiger partial charge in [0.1, 0.15) is 24.0 Å². The van der Waals surface area contributed by atoms with Crippen LogP contribution in [-0.2, 0) is 11.3 Å². The summed E-state index contributed by atoms with van der Waals surface area (Å²) in [4.78, 5) is 29.9. The van der Waals surface area contributed by atoms with Crippen LogP contribution in [0.2, 0.25) is 0 Å². The fourth-order valence-electron chi connectivity index (χ4n) is 3.67. The lowest BCUT2D eigenvalue weighted by Crippen LogP contribution is -2.33. The maximum atomic E-state index is 13.0. The van der Waals surface area contributed by atoms with E-state index in [2.05, 4.69) is 29.2 Å². The Bertz CT molecular complexity index is 1320. The number of methoxy groups -OCH3 is 1. The molecule has 33 heavy (non-hydrogen) atoms. The molecule has 1 atom stereocenters. The molecule has 170 valence electrons. The van der Waals surface area contributed by atoms with Crippen molar-refractivity contribution in [1.82, 2.24) is 24.6 Å². The first-order chi connectivity index (χ1) is 15.9. The molecule has 0 unspecified atom stereocenters. The van der Waals surface area contributed by atoms with Crippen molar-refractivity contribution in [1.29, 1.82) is 0 Å². The predicted molar refractivity (Wildman–Crippen MR) is 127 cm³/mol. The summed E-state index contributed by atoms with van der Waals surface area (Å²) in [5.41, 5.74) is 3.14. The van der Waals surface area contributed by atoms with Crippen LogP contribution in [0.15, 0.2) is 65.8 Å². The van der Waals surface area contributed by atoms with Gasteiger partial charge < -0.3 is 10.1 Å². The summed E-state index contributed by atoms with van der Waals surface area (Å²) in [5, 5.41) is 7.63. The van der Waals surface area contributed by atoms with Crippen molar-refractivity contribution < 1.29 is 9.53 Å². The molecule has 0 fully saturated rings. The number of ether oxygens (including phenoxy) is 1. The average molecular weight is 446 g/mol. The fraction of sp³-hybridized carbons (Fsp3) is 0.280. The number of hydrogen-bond acceptors (Lipinski definition) is 5. The molecule has 8 heteroatoms. The number of benzene rings is 2. The van der Waals surface area contributed by atoms with Crippen LogP contribution in [-0.4, -0.2) is 32.3 Å². The maximum absolute atomic E-state index is 13.0. The van der Waals surface area contributed by atoms with Crippen molar-refractivity contribution in [2.24, 2.45) is 0 Å². The molecule has 0 spiro atoms. The number of fused-ring (bicyclic) bond motifs is 1. The number of nitrogens with one attached hydrogen (secondary N) is 1. The Morgan fingerprint density at radius 1 is 1.03 bits per heavy atom. The van der Waals surface area contributed by atoms with Crippen molar-refractivity contribution in [2.45, 2.75) is 39.3 Å². The summed E-state index contributed by atoms with van der Waals surface area (Å²) >= 11 is 0. The number of carbonyl (C=O) groups is 1. The van der Waals surface area contributed by atoms with E-state index in [1.165, 1.54) is 22.7 Å². The summed E-state index contributed by atoms with van der Waals surface area (Å²) in [6.07, 6.45) is 2.89. The molecule has 0 bridgehead atoms. The molecule has 0 aliphatic rings. The summed E-state index contributed by atoms with van der Waals surface area (Å²) in [7, 11) is 1.61. The zero-order valence-corrected chi connectivity index (χ0v) is 19.1. The Morgan fingerprint density at radius 2 is 1.70 bits per heavy atom. The molecule has 0 aliphatic carbocycles. The highest BCUT2D eigenvalue weighted by molar-refractivity contribution is 5.78. The van der Waals surface area contributed by atoms with Crippen LogP contribution < -0.4 is 15.6 Å². The third-order valence-electron chi connectivity index (χ3n) is 5.67. The van der Waals surface area contributed by atoms with E-state index in [9.17, 15) is 9.59 Å². The summed E-state index contributed by atoms with van der Waals surface area (Å²) in [6, 6.07) is 15.3. The molecule has 0 saturated carbocycles. The van der Waals surface area contributed by atoms with E-state index in [0.29, 0.717) is 17.0 Å². The van der Waals surface area contributed by atoms with Gasteiger partial charge in [-0.15, -0.1) is 0 Å². The second-order valence-electron chi connectivity index (χ2n) is 8.28. The molecule has 2 aromatic carbocycles. The Hall–Kier alpha value is -3.94. The SMILES string of the molecule is COc1ccc([C@@H](C)NC(=O)Cn2cnc3c(cnn3-c3ccc(C(C)C)cc3)c2=O)cc1. The molecule has 8 nitrogen and oxygen atoms in total. The summed E-state index contributed by atoms with van der Waals surface area (Å²) < 4.78 is 8.10. The molecular formula is C25H27N5O3. The van der Waals surface area contributed by atoms with E-state index in [-0.39, 0.29) is 24.1 Å². The monoisotopic (exact) mass is 445 g/mol. The zero-order valence-electron chi connectivity index (χ0n) is 19.1. The van der Waals surface area contributed by atoms with E-state index in [0.717, 1.165) is 17.0 Å². The second-order valence-corrected chi connectivity index (χ2v) is 8.28. The molecule has 4 rings (SSSR count). The van der Waals surface area contributed by atoms with Gasteiger partial charge in [0.05, 0.1) is 25.0 Å². The predicted octanol–water partition coefficient (Wildman–Crippen LogP) is 3.59. The molecular weight excluding hydrogens is 418 g/mol. The lowest BCUT2D eigenvalue weighted by Gasteiger charge is -2.15. The number of carbonyl (C=O) groups excluding carboxylic acids is 1. The minimum atomic E-state index is -0.308. The van der Waals surface area contributed by atoms with Crippen molar-refractivity contribution >= 4 is 16.9 Å². The highest BCUT2D eigenvalue weighted by Gasteiger charge is 2.15. The number of rotatable bonds is 7. The van der Waals surface area contributed by atoms with Crippen molar-refractivity contribution in [2.75, 3.05) is 7.11 Å². The van der Waals surface area contributed by atoms with E-state index >= 15 is 0 Å². The van der Waals surface area contributed by atoms with Crippen LogP contribution in [0.3, 0.4) is 0 Å². The quantitative estimate of drug-likeness (QED) is 0.469. The number of nitrogens with zero attached hydrogens (tertiary/aromatic N) is 4. The van der Waals surface area contributed by atoms with Gasteiger partial charge in [0.2, 0.25) is 5.91 Å². The van der Waals surface area contributed by atoms with Gasteiger partial charge in [0.15, 0.2) is 5.65 Å². The van der Waals surface area contributed by atoms with Crippen LogP contribution in [0.4, 0.5) is 0 Å². The molecule has 4 aromatic rings. The zero-order chi connectivity index (χ0) is 23.5. The van der Waals surface area contributed by atoms with Gasteiger partial charge in [-0.1, -0.05) is 38.1 Å². The Kier molecular flexibility index (Phi) is 6.26. The van der Waals surface area contributed by atoms with Gasteiger partial charge in [0, 0.05) is 0 Å². The van der Waals surface area contributed by atoms with Crippen LogP contribution in [0, 0.1) is 0 Å². The van der Waals surface area contributed by atoms with E-state index in [1.54, 1.807) is 11.8 Å². The van der Waals surface area contributed by atoms with Gasteiger partial charge in [-0.05, 0) is 48.2 Å². The topological polar surface area (TPSA) is 91.0 Å². The van der Waals surface area contributed by atoms with Crippen LogP contribution >= 0.6 is 0 Å². The van der Waals surface area contributed by atoms with Crippen molar-refractivity contribution in [3.8, 4) is 11.4 Å². The molecule has 1 N–H and O–H groups in total. The highest BCUT2D eigenvalue weighted by atomic mass is 16.5. The Labute approximate surface area is 191 Å². The Morgan fingerprint density at radius 3 is 2.33 bits per heavy atom. The number of aromatic nitrogens is 4. The second kappa shape index (κ2) is 9.28. The minimum Gasteiger partial charge on any atom is -0.497 e. The first kappa shape index (κ1) is 22.3. The lowest BCUT2D eigenvalue weighted by atomic mass is 10.0. The fourth-order valence-corrected chi connectivity index (χ4v) is 3.67. The van der Waals surface area contributed by atoms with E-state index in [1.807, 2.05) is 55.5 Å². The van der Waals surface area contributed by atoms with Gasteiger partial charge in [-0.2, -0.15) is 5.10 Å². The first-order valence-corrected chi connectivity index (χ1v) is 10.8. The number of hydrogen-bond donors (Lipinski definition) is 1. The van der Waals surface area contributed by atoms with Crippen molar-refractivity contribution in [3.63, 3.8) is 0 Å². The van der Waals surface area contributed by atoms with Crippen LogP contribution in [0.1, 0.15) is 43.9 Å². The summed E-state index contributed by atoms with van der Waals surface area (Å²) in [6.45, 7) is 6.03. The molecule has 0 radical (unpaired) electrons. The highest BCUT2D eigenvalue weighted by Crippen LogP contribution is 2.19. The third kappa shape index (κ3) is 4.64. The third-order valence-corrected chi connectivity index (χ3v) is 5.67. The average Bonchev–Trinajstić information content (AvgIpc) is 3.26. The largest absolute Gasteiger partial charge is 0.497 e. The Balaban J connectivity index is 1.51. The van der Waals surface area contributed by atoms with Gasteiger partial charge >= 0.3 is 0 Å². The van der Waals surface area contributed by atoms with Gasteiger partial charge in [0.25, 0.3) is 5.56 Å². The van der Waals surface area contributed by atoms with E-state index < -0.39 is 0 Å². The lowest BCUT2D eigenvalue weighted by molar-refractivity contribution is -0.122. The van der Waals surface area contributed by atoms with Gasteiger partial charge in [-0.25, -0.2) is 9.67 Å². The molecule has 2 heterocycles.